The average Bonchev–Trinajstić information content (AvgIpc) is 2.76. The summed E-state index contributed by atoms with van der Waals surface area (Å²) in [5.74, 6) is 1.26. The van der Waals surface area contributed by atoms with Crippen LogP contribution in [0.25, 0.3) is 11.1 Å². The average molecular weight is 235 g/mol. The quantitative estimate of drug-likeness (QED) is 0.783. The van der Waals surface area contributed by atoms with Gasteiger partial charge in [0.25, 0.3) is 0 Å². The number of nitrogens with zero attached hydrogens (tertiary/aromatic N) is 1. The van der Waals surface area contributed by atoms with Crippen molar-refractivity contribution in [3.05, 3.63) is 18.3 Å². The molecule has 0 fully saturated rings. The summed E-state index contributed by atoms with van der Waals surface area (Å²) in [4.78, 5) is 0. The van der Waals surface area contributed by atoms with Crippen molar-refractivity contribution in [3.8, 4) is 22.6 Å². The van der Waals surface area contributed by atoms with E-state index in [1.54, 1.807) is 12.1 Å². The van der Waals surface area contributed by atoms with E-state index >= 15 is 0 Å². The Morgan fingerprint density at radius 1 is 1.12 bits per heavy atom. The van der Waals surface area contributed by atoms with Crippen LogP contribution in [0.1, 0.15) is 0 Å². The Kier molecular flexibility index (Phi) is 2.78. The lowest BCUT2D eigenvalue weighted by Gasteiger charge is -2.11. The highest BCUT2D eigenvalue weighted by atomic mass is 16.5. The lowest BCUT2D eigenvalue weighted by molar-refractivity contribution is 0.399. The highest BCUT2D eigenvalue weighted by molar-refractivity contribution is 5.79. The van der Waals surface area contributed by atoms with Crippen molar-refractivity contribution in [2.45, 2.75) is 0 Å². The third-order valence-corrected chi connectivity index (χ3v) is 2.45. The van der Waals surface area contributed by atoms with Crippen LogP contribution in [0.3, 0.4) is 0 Å². The molecule has 0 saturated heterocycles. The first-order valence-electron chi connectivity index (χ1n) is 4.89. The van der Waals surface area contributed by atoms with Crippen LogP contribution < -0.4 is 20.9 Å². The summed E-state index contributed by atoms with van der Waals surface area (Å²) < 4.78 is 15.1. The van der Waals surface area contributed by atoms with E-state index in [1.165, 1.54) is 20.4 Å². The second-order valence-electron chi connectivity index (χ2n) is 3.40. The standard InChI is InChI=1S/C11H13N3O3/c1-15-8-3-6(4-9(16-2)10(8)12)7-5-14-17-11(7)13/h3-5H,12-13H2,1-2H3. The summed E-state index contributed by atoms with van der Waals surface area (Å²) >= 11 is 0. The Morgan fingerprint density at radius 2 is 1.71 bits per heavy atom. The van der Waals surface area contributed by atoms with Crippen molar-refractivity contribution >= 4 is 11.6 Å². The van der Waals surface area contributed by atoms with Crippen LogP contribution in [0.5, 0.6) is 11.5 Å². The van der Waals surface area contributed by atoms with Crippen LogP contribution in [0.4, 0.5) is 11.6 Å². The smallest absolute Gasteiger partial charge is 0.229 e. The van der Waals surface area contributed by atoms with Crippen molar-refractivity contribution < 1.29 is 14.0 Å². The summed E-state index contributed by atoms with van der Waals surface area (Å²) in [5.41, 5.74) is 13.4. The van der Waals surface area contributed by atoms with Crippen LogP contribution in [0.15, 0.2) is 22.9 Å². The van der Waals surface area contributed by atoms with E-state index in [2.05, 4.69) is 5.16 Å². The van der Waals surface area contributed by atoms with E-state index in [0.717, 1.165) is 5.56 Å². The maximum absolute atomic E-state index is 5.84. The van der Waals surface area contributed by atoms with Gasteiger partial charge in [0.05, 0.1) is 26.0 Å². The predicted molar refractivity (Wildman–Crippen MR) is 63.9 cm³/mol. The van der Waals surface area contributed by atoms with Gasteiger partial charge in [-0.3, -0.25) is 0 Å². The van der Waals surface area contributed by atoms with Crippen LogP contribution in [-0.2, 0) is 0 Å². The molecule has 6 heteroatoms. The molecule has 2 aromatic rings. The van der Waals surface area contributed by atoms with E-state index in [1.807, 2.05) is 0 Å². The number of nitrogen functional groups attached to an aromatic ring is 2. The summed E-state index contributed by atoms with van der Waals surface area (Å²) in [6.07, 6.45) is 1.53. The molecule has 0 atom stereocenters. The molecule has 0 saturated carbocycles. The fourth-order valence-electron chi connectivity index (χ4n) is 1.56. The minimum Gasteiger partial charge on any atom is -0.494 e. The van der Waals surface area contributed by atoms with E-state index in [0.29, 0.717) is 22.7 Å². The second kappa shape index (κ2) is 4.25. The molecule has 4 N–H and O–H groups in total. The first-order valence-corrected chi connectivity index (χ1v) is 4.89. The molecule has 6 nitrogen and oxygen atoms in total. The van der Waals surface area contributed by atoms with Crippen LogP contribution >= 0.6 is 0 Å². The molecule has 0 unspecified atom stereocenters. The van der Waals surface area contributed by atoms with Gasteiger partial charge in [-0.15, -0.1) is 0 Å². The molecule has 0 radical (unpaired) electrons. The van der Waals surface area contributed by atoms with Gasteiger partial charge in [0.2, 0.25) is 5.88 Å². The van der Waals surface area contributed by atoms with Gasteiger partial charge in [-0.05, 0) is 17.7 Å². The van der Waals surface area contributed by atoms with Gasteiger partial charge in [-0.25, -0.2) is 0 Å². The predicted octanol–water partition coefficient (Wildman–Crippen LogP) is 1.52. The molecule has 0 aliphatic carbocycles. The molecule has 1 aromatic carbocycles. The number of benzene rings is 1. The van der Waals surface area contributed by atoms with Gasteiger partial charge in [0.15, 0.2) is 0 Å². The zero-order valence-electron chi connectivity index (χ0n) is 9.56. The van der Waals surface area contributed by atoms with Crippen molar-refractivity contribution in [1.82, 2.24) is 5.16 Å². The van der Waals surface area contributed by atoms with E-state index in [9.17, 15) is 0 Å². The molecule has 1 heterocycles. The molecular weight excluding hydrogens is 222 g/mol. The summed E-state index contributed by atoms with van der Waals surface area (Å²) in [5, 5.41) is 3.62. The summed E-state index contributed by atoms with van der Waals surface area (Å²) in [7, 11) is 3.07. The van der Waals surface area contributed by atoms with E-state index < -0.39 is 0 Å². The van der Waals surface area contributed by atoms with Gasteiger partial charge >= 0.3 is 0 Å². The topological polar surface area (TPSA) is 96.5 Å². The van der Waals surface area contributed by atoms with Crippen LogP contribution in [0.2, 0.25) is 0 Å². The number of nitrogens with two attached hydrogens (primary N) is 2. The first kappa shape index (κ1) is 11.1. The minimum absolute atomic E-state index is 0.235. The minimum atomic E-state index is 0.235. The Labute approximate surface area is 98.1 Å². The summed E-state index contributed by atoms with van der Waals surface area (Å²) in [6.45, 7) is 0. The number of ether oxygens (including phenoxy) is 2. The number of hydrogen-bond donors (Lipinski definition) is 2. The molecule has 0 spiro atoms. The Morgan fingerprint density at radius 3 is 2.12 bits per heavy atom. The van der Waals surface area contributed by atoms with Crippen molar-refractivity contribution in [1.29, 1.82) is 0 Å². The fourth-order valence-corrected chi connectivity index (χ4v) is 1.56. The zero-order valence-corrected chi connectivity index (χ0v) is 9.56. The lowest BCUT2D eigenvalue weighted by atomic mass is 10.1. The first-order chi connectivity index (χ1) is 8.17. The van der Waals surface area contributed by atoms with Gasteiger partial charge in [-0.1, -0.05) is 5.16 Å². The van der Waals surface area contributed by atoms with Gasteiger partial charge in [0, 0.05) is 0 Å². The Hall–Kier alpha value is -2.37. The molecule has 0 bridgehead atoms. The zero-order chi connectivity index (χ0) is 12.4. The van der Waals surface area contributed by atoms with Crippen LogP contribution in [0, 0.1) is 0 Å². The molecule has 0 aliphatic heterocycles. The number of rotatable bonds is 3. The second-order valence-corrected chi connectivity index (χ2v) is 3.40. The van der Waals surface area contributed by atoms with Crippen molar-refractivity contribution in [2.75, 3.05) is 25.7 Å². The SMILES string of the molecule is COc1cc(-c2cnoc2N)cc(OC)c1N. The maximum Gasteiger partial charge on any atom is 0.229 e. The monoisotopic (exact) mass is 235 g/mol. The van der Waals surface area contributed by atoms with E-state index in [-0.39, 0.29) is 5.88 Å². The Balaban J connectivity index is 2.60. The lowest BCUT2D eigenvalue weighted by Crippen LogP contribution is -1.97. The van der Waals surface area contributed by atoms with Crippen LogP contribution in [-0.4, -0.2) is 19.4 Å². The molecule has 0 aliphatic rings. The number of methoxy groups -OCH3 is 2. The summed E-state index contributed by atoms with van der Waals surface area (Å²) in [6, 6.07) is 3.50. The highest BCUT2D eigenvalue weighted by Gasteiger charge is 2.14. The maximum atomic E-state index is 5.84. The van der Waals surface area contributed by atoms with Gasteiger partial charge < -0.3 is 25.5 Å². The number of anilines is 2. The fraction of sp³-hybridized carbons (Fsp3) is 0.182. The molecule has 17 heavy (non-hydrogen) atoms. The number of hydrogen-bond acceptors (Lipinski definition) is 6. The molecular formula is C11H13N3O3. The van der Waals surface area contributed by atoms with Crippen molar-refractivity contribution in [2.24, 2.45) is 0 Å². The van der Waals surface area contributed by atoms with E-state index in [4.69, 9.17) is 25.5 Å². The number of aromatic nitrogens is 1. The van der Waals surface area contributed by atoms with Crippen molar-refractivity contribution in [3.63, 3.8) is 0 Å². The normalized spacial score (nSPS) is 10.2. The third-order valence-electron chi connectivity index (χ3n) is 2.45. The van der Waals surface area contributed by atoms with Gasteiger partial charge in [0.1, 0.15) is 17.2 Å². The molecule has 90 valence electrons. The largest absolute Gasteiger partial charge is 0.494 e. The van der Waals surface area contributed by atoms with Gasteiger partial charge in [-0.2, -0.15) is 0 Å². The molecule has 2 rings (SSSR count). The third kappa shape index (κ3) is 1.84. The molecule has 1 aromatic heterocycles. The molecule has 0 amide bonds. The Bertz CT molecular complexity index is 512. The highest BCUT2D eigenvalue weighted by Crippen LogP contribution is 2.38.